The van der Waals surface area contributed by atoms with Crippen molar-refractivity contribution in [3.63, 3.8) is 0 Å². The van der Waals surface area contributed by atoms with Crippen LogP contribution in [-0.4, -0.2) is 23.5 Å². The van der Waals surface area contributed by atoms with Crippen LogP contribution in [0, 0.1) is 0 Å². The number of halogens is 1. The fraction of sp³-hybridized carbons (Fsp3) is 0.211. The van der Waals surface area contributed by atoms with E-state index >= 15 is 0 Å². The Morgan fingerprint density at radius 3 is 2.78 bits per heavy atom. The second kappa shape index (κ2) is 5.84. The molecule has 0 aliphatic carbocycles. The Balaban J connectivity index is 1.93. The quantitative estimate of drug-likeness (QED) is 0.685. The predicted molar refractivity (Wildman–Crippen MR) is 93.3 cm³/mol. The van der Waals surface area contributed by atoms with E-state index < -0.39 is 0 Å². The molecule has 4 rings (SSSR count). The number of rotatable bonds is 2. The SMILES string of the molecule is CN1CCc2nc3cc(Cl)ccc3c(Oc3ccccc3)c2C1. The van der Waals surface area contributed by atoms with Crippen LogP contribution >= 0.6 is 11.6 Å². The van der Waals surface area contributed by atoms with Gasteiger partial charge in [0.2, 0.25) is 0 Å². The molecule has 1 aromatic heterocycles. The van der Waals surface area contributed by atoms with Crippen LogP contribution in [0.2, 0.25) is 5.02 Å². The lowest BCUT2D eigenvalue weighted by atomic mass is 10.0. The van der Waals surface area contributed by atoms with E-state index in [9.17, 15) is 0 Å². The van der Waals surface area contributed by atoms with Gasteiger partial charge in [-0.3, -0.25) is 4.98 Å². The predicted octanol–water partition coefficient (Wildman–Crippen LogP) is 4.67. The summed E-state index contributed by atoms with van der Waals surface area (Å²) in [6, 6.07) is 15.7. The first kappa shape index (κ1) is 14.5. The Bertz CT molecular complexity index is 864. The number of hydrogen-bond donors (Lipinski definition) is 0. The van der Waals surface area contributed by atoms with E-state index in [1.807, 2.05) is 48.5 Å². The molecule has 0 atom stereocenters. The first-order valence-corrected chi connectivity index (χ1v) is 8.11. The summed E-state index contributed by atoms with van der Waals surface area (Å²) in [7, 11) is 2.13. The maximum Gasteiger partial charge on any atom is 0.143 e. The average molecular weight is 325 g/mol. The third-order valence-electron chi connectivity index (χ3n) is 4.20. The lowest BCUT2D eigenvalue weighted by Gasteiger charge is -2.27. The standard InChI is InChI=1S/C19H17ClN2O/c1-22-10-9-17-16(12-22)19(23-14-5-3-2-4-6-14)15-8-7-13(20)11-18(15)21-17/h2-8,11H,9-10,12H2,1H3. The van der Waals surface area contributed by atoms with Crippen LogP contribution in [-0.2, 0) is 13.0 Å². The molecule has 2 aromatic carbocycles. The molecule has 2 heterocycles. The van der Waals surface area contributed by atoms with E-state index in [0.717, 1.165) is 47.6 Å². The van der Waals surface area contributed by atoms with Gasteiger partial charge < -0.3 is 9.64 Å². The molecule has 0 saturated carbocycles. The van der Waals surface area contributed by atoms with Crippen molar-refractivity contribution in [2.45, 2.75) is 13.0 Å². The normalized spacial score (nSPS) is 14.7. The van der Waals surface area contributed by atoms with Gasteiger partial charge in [0.25, 0.3) is 0 Å². The highest BCUT2D eigenvalue weighted by Gasteiger charge is 2.22. The van der Waals surface area contributed by atoms with Crippen LogP contribution in [0.5, 0.6) is 11.5 Å². The first-order chi connectivity index (χ1) is 11.2. The molecule has 0 bridgehead atoms. The van der Waals surface area contributed by atoms with Crippen molar-refractivity contribution >= 4 is 22.5 Å². The number of likely N-dealkylation sites (N-methyl/N-ethyl adjacent to an activating group) is 1. The summed E-state index contributed by atoms with van der Waals surface area (Å²) in [5.41, 5.74) is 3.19. The van der Waals surface area contributed by atoms with Gasteiger partial charge in [-0.25, -0.2) is 0 Å². The van der Waals surface area contributed by atoms with E-state index in [1.165, 1.54) is 5.56 Å². The fourth-order valence-corrected chi connectivity index (χ4v) is 3.20. The molecule has 4 heteroatoms. The molecule has 116 valence electrons. The summed E-state index contributed by atoms with van der Waals surface area (Å²) in [6.45, 7) is 1.86. The summed E-state index contributed by atoms with van der Waals surface area (Å²) in [4.78, 5) is 7.12. The van der Waals surface area contributed by atoms with Crippen molar-refractivity contribution in [1.29, 1.82) is 0 Å². The first-order valence-electron chi connectivity index (χ1n) is 7.73. The highest BCUT2D eigenvalue weighted by Crippen LogP contribution is 2.37. The van der Waals surface area contributed by atoms with Gasteiger partial charge in [0.05, 0.1) is 11.2 Å². The smallest absolute Gasteiger partial charge is 0.143 e. The molecule has 0 spiro atoms. The van der Waals surface area contributed by atoms with E-state index in [2.05, 4.69) is 11.9 Å². The molecular formula is C19H17ClN2O. The largest absolute Gasteiger partial charge is 0.456 e. The second-order valence-corrected chi connectivity index (χ2v) is 6.37. The molecule has 0 radical (unpaired) electrons. The molecule has 3 nitrogen and oxygen atoms in total. The van der Waals surface area contributed by atoms with Crippen LogP contribution < -0.4 is 4.74 Å². The van der Waals surface area contributed by atoms with Crippen LogP contribution in [0.1, 0.15) is 11.3 Å². The molecule has 0 fully saturated rings. The van der Waals surface area contributed by atoms with Gasteiger partial charge in [-0.05, 0) is 37.4 Å². The van der Waals surface area contributed by atoms with Crippen molar-refractivity contribution in [2.24, 2.45) is 0 Å². The number of benzene rings is 2. The van der Waals surface area contributed by atoms with Gasteiger partial charge in [-0.15, -0.1) is 0 Å². The number of pyridine rings is 1. The van der Waals surface area contributed by atoms with Gasteiger partial charge in [-0.1, -0.05) is 29.8 Å². The van der Waals surface area contributed by atoms with E-state index in [4.69, 9.17) is 21.3 Å². The monoisotopic (exact) mass is 324 g/mol. The number of ether oxygens (including phenoxy) is 1. The summed E-state index contributed by atoms with van der Waals surface area (Å²) in [6.07, 6.45) is 0.930. The van der Waals surface area contributed by atoms with Crippen molar-refractivity contribution in [2.75, 3.05) is 13.6 Å². The van der Waals surface area contributed by atoms with Crippen molar-refractivity contribution in [3.05, 3.63) is 64.8 Å². The third-order valence-corrected chi connectivity index (χ3v) is 4.44. The van der Waals surface area contributed by atoms with Gasteiger partial charge >= 0.3 is 0 Å². The van der Waals surface area contributed by atoms with Gasteiger partial charge in [0.15, 0.2) is 0 Å². The zero-order valence-corrected chi connectivity index (χ0v) is 13.7. The molecule has 23 heavy (non-hydrogen) atoms. The molecule has 1 aliphatic rings. The van der Waals surface area contributed by atoms with Crippen LogP contribution in [0.4, 0.5) is 0 Å². The van der Waals surface area contributed by atoms with E-state index in [-0.39, 0.29) is 0 Å². The molecule has 3 aromatic rings. The maximum absolute atomic E-state index is 6.27. The number of hydrogen-bond acceptors (Lipinski definition) is 3. The summed E-state index contributed by atoms with van der Waals surface area (Å²) in [5.74, 6) is 1.74. The Morgan fingerprint density at radius 2 is 1.96 bits per heavy atom. The lowest BCUT2D eigenvalue weighted by molar-refractivity contribution is 0.304. The molecule has 0 unspecified atom stereocenters. The van der Waals surface area contributed by atoms with E-state index in [1.54, 1.807) is 0 Å². The number of fused-ring (bicyclic) bond motifs is 2. The molecule has 0 amide bonds. The van der Waals surface area contributed by atoms with Crippen LogP contribution in [0.3, 0.4) is 0 Å². The minimum atomic E-state index is 0.698. The Hall–Kier alpha value is -2.10. The molecular weight excluding hydrogens is 308 g/mol. The fourth-order valence-electron chi connectivity index (χ4n) is 3.03. The Morgan fingerprint density at radius 1 is 1.13 bits per heavy atom. The number of para-hydroxylation sites is 1. The van der Waals surface area contributed by atoms with Crippen LogP contribution in [0.15, 0.2) is 48.5 Å². The van der Waals surface area contributed by atoms with Crippen LogP contribution in [0.25, 0.3) is 10.9 Å². The maximum atomic E-state index is 6.27. The number of aromatic nitrogens is 1. The van der Waals surface area contributed by atoms with Gasteiger partial charge in [0.1, 0.15) is 11.5 Å². The topological polar surface area (TPSA) is 25.4 Å². The van der Waals surface area contributed by atoms with Gasteiger partial charge in [-0.2, -0.15) is 0 Å². The van der Waals surface area contributed by atoms with Crippen molar-refractivity contribution in [1.82, 2.24) is 9.88 Å². The molecule has 0 saturated heterocycles. The summed E-state index contributed by atoms with van der Waals surface area (Å²) >= 11 is 6.15. The molecule has 1 aliphatic heterocycles. The highest BCUT2D eigenvalue weighted by molar-refractivity contribution is 6.31. The van der Waals surface area contributed by atoms with Crippen molar-refractivity contribution in [3.8, 4) is 11.5 Å². The Labute approximate surface area is 140 Å². The zero-order chi connectivity index (χ0) is 15.8. The number of nitrogens with zero attached hydrogens (tertiary/aromatic N) is 2. The minimum absolute atomic E-state index is 0.698. The van der Waals surface area contributed by atoms with E-state index in [0.29, 0.717) is 5.02 Å². The third kappa shape index (κ3) is 2.78. The zero-order valence-electron chi connectivity index (χ0n) is 12.9. The van der Waals surface area contributed by atoms with Crippen molar-refractivity contribution < 1.29 is 4.74 Å². The Kier molecular flexibility index (Phi) is 3.68. The second-order valence-electron chi connectivity index (χ2n) is 5.93. The average Bonchev–Trinajstić information content (AvgIpc) is 2.56. The molecule has 0 N–H and O–H groups in total. The highest BCUT2D eigenvalue weighted by atomic mass is 35.5. The summed E-state index contributed by atoms with van der Waals surface area (Å²) < 4.78 is 6.27. The van der Waals surface area contributed by atoms with Gasteiger partial charge in [0, 0.05) is 35.5 Å². The lowest BCUT2D eigenvalue weighted by Crippen LogP contribution is -2.27. The summed E-state index contributed by atoms with van der Waals surface area (Å²) in [5, 5.41) is 1.70. The minimum Gasteiger partial charge on any atom is -0.456 e.